The van der Waals surface area contributed by atoms with Gasteiger partial charge < -0.3 is 14.6 Å². The number of ether oxygens (including phenoxy) is 2. The number of hydrogen-bond donors (Lipinski definition) is 1. The Morgan fingerprint density at radius 3 is 2.62 bits per heavy atom. The Hall–Kier alpha value is -0.970. The summed E-state index contributed by atoms with van der Waals surface area (Å²) in [5, 5.41) is 10.2. The van der Waals surface area contributed by atoms with Gasteiger partial charge in [0.25, 0.3) is 0 Å². The van der Waals surface area contributed by atoms with E-state index in [0.717, 1.165) is 18.8 Å². The number of rotatable bonds is 8. The molecule has 3 nitrogen and oxygen atoms in total. The molecule has 1 N–H and O–H groups in total. The molecule has 24 heavy (non-hydrogen) atoms. The number of allylic oxidation sites excluding steroid dienone is 1. The van der Waals surface area contributed by atoms with Gasteiger partial charge in [-0.25, -0.2) is 0 Å². The molecule has 1 aromatic rings. The van der Waals surface area contributed by atoms with Gasteiger partial charge in [-0.2, -0.15) is 0 Å². The van der Waals surface area contributed by atoms with Crippen LogP contribution in [0.2, 0.25) is 0 Å². The Labute approximate surface area is 150 Å². The first kappa shape index (κ1) is 19.4. The van der Waals surface area contributed by atoms with Crippen molar-refractivity contribution in [3.63, 3.8) is 0 Å². The Morgan fingerprint density at radius 1 is 1.25 bits per heavy atom. The van der Waals surface area contributed by atoms with Gasteiger partial charge in [-0.3, -0.25) is 0 Å². The Bertz CT molecular complexity index is 512. The first-order valence-corrected chi connectivity index (χ1v) is 9.67. The van der Waals surface area contributed by atoms with E-state index in [1.807, 2.05) is 12.1 Å². The largest absolute Gasteiger partial charge is 0.497 e. The predicted octanol–water partition coefficient (Wildman–Crippen LogP) is 4.55. The SMILES string of the molecule is COC[C@@H](C)/C=C1\CCCC[C@H]1[C@H](CO)Sc1ccc(OC)cc1. The standard InChI is InChI=1S/C20H30O3S/c1-15(14-22-2)12-16-6-4-5-7-19(16)20(13-21)24-18-10-8-17(23-3)9-11-18/h8-12,15,19-21H,4-7,13-14H2,1-3H3/b16-12+/t15-,19+,20-/m0/s1. The Balaban J connectivity index is 2.10. The molecule has 0 aromatic heterocycles. The number of aliphatic hydroxyl groups is 1. The lowest BCUT2D eigenvalue weighted by molar-refractivity contribution is 0.175. The first-order chi connectivity index (χ1) is 11.7. The normalized spacial score (nSPS) is 22.3. The second-order valence-electron chi connectivity index (χ2n) is 6.54. The molecule has 1 aromatic carbocycles. The summed E-state index contributed by atoms with van der Waals surface area (Å²) in [5.74, 6) is 1.75. The van der Waals surface area contributed by atoms with E-state index in [4.69, 9.17) is 9.47 Å². The highest BCUT2D eigenvalue weighted by molar-refractivity contribution is 8.00. The second-order valence-corrected chi connectivity index (χ2v) is 7.85. The number of methoxy groups -OCH3 is 2. The van der Waals surface area contributed by atoms with E-state index in [1.54, 1.807) is 26.0 Å². The lowest BCUT2D eigenvalue weighted by atomic mass is 9.80. The highest BCUT2D eigenvalue weighted by atomic mass is 32.2. The van der Waals surface area contributed by atoms with Gasteiger partial charge >= 0.3 is 0 Å². The van der Waals surface area contributed by atoms with Crippen molar-refractivity contribution in [3.05, 3.63) is 35.9 Å². The van der Waals surface area contributed by atoms with Crippen molar-refractivity contribution in [2.75, 3.05) is 27.4 Å². The molecule has 4 heteroatoms. The fourth-order valence-electron chi connectivity index (χ4n) is 3.45. The molecule has 134 valence electrons. The fraction of sp³-hybridized carbons (Fsp3) is 0.600. The summed E-state index contributed by atoms with van der Waals surface area (Å²) in [6, 6.07) is 8.11. The minimum atomic E-state index is 0.206. The second kappa shape index (κ2) is 10.1. The molecular weight excluding hydrogens is 320 g/mol. The summed E-state index contributed by atoms with van der Waals surface area (Å²) in [6.07, 6.45) is 7.20. The van der Waals surface area contributed by atoms with Crippen LogP contribution in [0.1, 0.15) is 32.6 Å². The van der Waals surface area contributed by atoms with Crippen molar-refractivity contribution >= 4 is 11.8 Å². The van der Waals surface area contributed by atoms with E-state index in [-0.39, 0.29) is 11.9 Å². The lowest BCUT2D eigenvalue weighted by Gasteiger charge is -2.32. The number of benzene rings is 1. The summed E-state index contributed by atoms with van der Waals surface area (Å²) in [7, 11) is 3.43. The fourth-order valence-corrected chi connectivity index (χ4v) is 4.64. The molecule has 0 heterocycles. The maximum absolute atomic E-state index is 10.00. The highest BCUT2D eigenvalue weighted by Gasteiger charge is 2.28. The third-order valence-electron chi connectivity index (χ3n) is 4.61. The molecular formula is C20H30O3S. The van der Waals surface area contributed by atoms with Crippen LogP contribution < -0.4 is 4.74 Å². The highest BCUT2D eigenvalue weighted by Crippen LogP contribution is 2.40. The van der Waals surface area contributed by atoms with Crippen LogP contribution in [-0.2, 0) is 4.74 Å². The number of thioether (sulfide) groups is 1. The van der Waals surface area contributed by atoms with Crippen molar-refractivity contribution < 1.29 is 14.6 Å². The van der Waals surface area contributed by atoms with E-state index in [1.165, 1.54) is 29.7 Å². The minimum absolute atomic E-state index is 0.206. The molecule has 0 spiro atoms. The van der Waals surface area contributed by atoms with Crippen LogP contribution in [0.5, 0.6) is 5.75 Å². The third-order valence-corrected chi connectivity index (χ3v) is 5.94. The molecule has 3 atom stereocenters. The molecule has 0 amide bonds. The van der Waals surface area contributed by atoms with Gasteiger partial charge in [-0.05, 0) is 55.4 Å². The quantitative estimate of drug-likeness (QED) is 0.551. The number of aliphatic hydroxyl groups excluding tert-OH is 1. The molecule has 1 fully saturated rings. The van der Waals surface area contributed by atoms with Crippen LogP contribution in [-0.4, -0.2) is 37.8 Å². The third kappa shape index (κ3) is 5.54. The van der Waals surface area contributed by atoms with E-state index in [9.17, 15) is 5.11 Å². The molecule has 0 bridgehead atoms. The van der Waals surface area contributed by atoms with Gasteiger partial charge in [0.2, 0.25) is 0 Å². The van der Waals surface area contributed by atoms with Crippen molar-refractivity contribution in [1.29, 1.82) is 0 Å². The molecule has 0 aliphatic heterocycles. The summed E-state index contributed by atoms with van der Waals surface area (Å²) >= 11 is 1.78. The molecule has 0 radical (unpaired) electrons. The van der Waals surface area contributed by atoms with Gasteiger partial charge in [0.1, 0.15) is 5.75 Å². The topological polar surface area (TPSA) is 38.7 Å². The van der Waals surface area contributed by atoms with Crippen LogP contribution in [0.25, 0.3) is 0 Å². The summed E-state index contributed by atoms with van der Waals surface area (Å²) in [4.78, 5) is 1.18. The van der Waals surface area contributed by atoms with Crippen molar-refractivity contribution in [2.24, 2.45) is 11.8 Å². The number of hydrogen-bond acceptors (Lipinski definition) is 4. The summed E-state index contributed by atoms with van der Waals surface area (Å²) in [6.45, 7) is 3.16. The van der Waals surface area contributed by atoms with E-state index >= 15 is 0 Å². The van der Waals surface area contributed by atoms with Crippen LogP contribution in [0.15, 0.2) is 40.8 Å². The summed E-state index contributed by atoms with van der Waals surface area (Å²) < 4.78 is 10.5. The first-order valence-electron chi connectivity index (χ1n) is 8.79. The maximum Gasteiger partial charge on any atom is 0.118 e. The summed E-state index contributed by atoms with van der Waals surface area (Å²) in [5.41, 5.74) is 1.51. The van der Waals surface area contributed by atoms with Crippen LogP contribution >= 0.6 is 11.8 Å². The lowest BCUT2D eigenvalue weighted by Crippen LogP contribution is -2.26. The van der Waals surface area contributed by atoms with Crippen molar-refractivity contribution in [2.45, 2.75) is 42.8 Å². The van der Waals surface area contributed by atoms with Crippen LogP contribution in [0.4, 0.5) is 0 Å². The average Bonchev–Trinajstić information content (AvgIpc) is 2.61. The van der Waals surface area contributed by atoms with Gasteiger partial charge in [0, 0.05) is 17.3 Å². The molecule has 0 unspecified atom stereocenters. The zero-order chi connectivity index (χ0) is 17.4. The average molecular weight is 351 g/mol. The molecule has 0 saturated heterocycles. The van der Waals surface area contributed by atoms with Gasteiger partial charge in [0.05, 0.1) is 20.3 Å². The molecule has 1 aliphatic rings. The van der Waals surface area contributed by atoms with E-state index < -0.39 is 0 Å². The van der Waals surface area contributed by atoms with Gasteiger partial charge in [0.15, 0.2) is 0 Å². The van der Waals surface area contributed by atoms with Gasteiger partial charge in [-0.1, -0.05) is 25.0 Å². The Morgan fingerprint density at radius 2 is 2.00 bits per heavy atom. The zero-order valence-electron chi connectivity index (χ0n) is 15.0. The van der Waals surface area contributed by atoms with Crippen LogP contribution in [0.3, 0.4) is 0 Å². The zero-order valence-corrected chi connectivity index (χ0v) is 15.8. The smallest absolute Gasteiger partial charge is 0.118 e. The maximum atomic E-state index is 10.00. The van der Waals surface area contributed by atoms with Crippen molar-refractivity contribution in [1.82, 2.24) is 0 Å². The van der Waals surface area contributed by atoms with Crippen molar-refractivity contribution in [3.8, 4) is 5.75 Å². The van der Waals surface area contributed by atoms with E-state index in [0.29, 0.717) is 11.8 Å². The van der Waals surface area contributed by atoms with E-state index in [2.05, 4.69) is 25.1 Å². The molecule has 2 rings (SSSR count). The Kier molecular flexibility index (Phi) is 8.16. The minimum Gasteiger partial charge on any atom is -0.497 e. The molecule has 1 saturated carbocycles. The van der Waals surface area contributed by atoms with Crippen LogP contribution in [0, 0.1) is 11.8 Å². The monoisotopic (exact) mass is 350 g/mol. The molecule has 1 aliphatic carbocycles. The predicted molar refractivity (Wildman–Crippen MR) is 101 cm³/mol. The van der Waals surface area contributed by atoms with Gasteiger partial charge in [-0.15, -0.1) is 11.8 Å².